The van der Waals surface area contributed by atoms with Crippen LogP contribution < -0.4 is 10.6 Å². The van der Waals surface area contributed by atoms with E-state index in [4.69, 9.17) is 12.2 Å². The third-order valence-corrected chi connectivity index (χ3v) is 2.78. The second-order valence-corrected chi connectivity index (χ2v) is 4.50. The first-order chi connectivity index (χ1) is 9.06. The zero-order chi connectivity index (χ0) is 13.8. The van der Waals surface area contributed by atoms with Crippen LogP contribution in [-0.4, -0.2) is 16.9 Å². The molecule has 1 aliphatic heterocycles. The molecule has 5 heteroatoms. The predicted molar refractivity (Wildman–Crippen MR) is 77.2 cm³/mol. The smallest absolute Gasteiger partial charge is 0.263 e. The van der Waals surface area contributed by atoms with Gasteiger partial charge in [-0.25, -0.2) is 0 Å². The summed E-state index contributed by atoms with van der Waals surface area (Å²) >= 11 is 4.70. The topological polar surface area (TPSA) is 58.2 Å². The number of carbonyl (C=O) groups excluding carboxylic acids is 2. The monoisotopic (exact) mass is 272 g/mol. The molecule has 0 unspecified atom stereocenters. The second kappa shape index (κ2) is 5.58. The first-order valence-corrected chi connectivity index (χ1v) is 6.09. The maximum atomic E-state index is 11.5. The maximum absolute atomic E-state index is 11.5. The molecule has 1 saturated heterocycles. The molecular weight excluding hydrogens is 260 g/mol. The van der Waals surface area contributed by atoms with Gasteiger partial charge in [-0.3, -0.25) is 20.2 Å². The number of rotatable bonds is 2. The lowest BCUT2D eigenvalue weighted by Gasteiger charge is -2.15. The van der Waals surface area contributed by atoms with Crippen molar-refractivity contribution in [2.45, 2.75) is 6.92 Å². The fraction of sp³-hybridized carbons (Fsp3) is 0.0714. The molecule has 96 valence electrons. The van der Waals surface area contributed by atoms with Crippen LogP contribution in [0.5, 0.6) is 0 Å². The van der Waals surface area contributed by atoms with Gasteiger partial charge in [0.2, 0.25) is 0 Å². The predicted octanol–water partition coefficient (Wildman–Crippen LogP) is 1.47. The van der Waals surface area contributed by atoms with Gasteiger partial charge < -0.3 is 0 Å². The van der Waals surface area contributed by atoms with Gasteiger partial charge in [-0.15, -0.1) is 0 Å². The largest absolute Gasteiger partial charge is 0.299 e. The molecule has 1 aromatic rings. The lowest BCUT2D eigenvalue weighted by atomic mass is 10.1. The van der Waals surface area contributed by atoms with E-state index >= 15 is 0 Å². The highest BCUT2D eigenvalue weighted by Gasteiger charge is 2.24. The normalized spacial score (nSPS) is 15.4. The zero-order valence-electron chi connectivity index (χ0n) is 10.3. The van der Waals surface area contributed by atoms with E-state index in [0.717, 1.165) is 5.56 Å². The van der Waals surface area contributed by atoms with Crippen LogP contribution in [0, 0.1) is 6.92 Å². The Morgan fingerprint density at radius 3 is 2.21 bits per heavy atom. The molecule has 0 spiro atoms. The summed E-state index contributed by atoms with van der Waals surface area (Å²) in [6.07, 6.45) is 4.94. The third-order valence-electron chi connectivity index (χ3n) is 2.57. The fourth-order valence-corrected chi connectivity index (χ4v) is 1.75. The van der Waals surface area contributed by atoms with Gasteiger partial charge >= 0.3 is 0 Å². The lowest BCUT2D eigenvalue weighted by molar-refractivity contribution is -0.123. The quantitative estimate of drug-likeness (QED) is 0.487. The summed E-state index contributed by atoms with van der Waals surface area (Å²) in [6, 6.07) is 7.90. The molecule has 4 nitrogen and oxygen atoms in total. The number of amides is 2. The molecule has 1 fully saturated rings. The molecule has 1 aliphatic rings. The lowest BCUT2D eigenvalue weighted by Crippen LogP contribution is -2.51. The molecule has 2 N–H and O–H groups in total. The van der Waals surface area contributed by atoms with Gasteiger partial charge in [0, 0.05) is 0 Å². The minimum absolute atomic E-state index is 0.0367. The van der Waals surface area contributed by atoms with E-state index in [2.05, 4.69) is 10.6 Å². The van der Waals surface area contributed by atoms with Crippen LogP contribution in [0.15, 0.2) is 42.0 Å². The molecule has 0 aromatic heterocycles. The average Bonchev–Trinajstić information content (AvgIpc) is 2.34. The van der Waals surface area contributed by atoms with E-state index in [9.17, 15) is 9.59 Å². The summed E-state index contributed by atoms with van der Waals surface area (Å²) in [7, 11) is 0. The molecule has 1 aromatic carbocycles. The molecule has 1 heterocycles. The van der Waals surface area contributed by atoms with Crippen molar-refractivity contribution in [3.8, 4) is 0 Å². The number of allylic oxidation sites excluding steroid dienone is 2. The van der Waals surface area contributed by atoms with E-state index in [1.165, 1.54) is 11.6 Å². The van der Waals surface area contributed by atoms with Gasteiger partial charge in [0.25, 0.3) is 11.8 Å². The van der Waals surface area contributed by atoms with E-state index in [-0.39, 0.29) is 10.7 Å². The Morgan fingerprint density at radius 2 is 1.63 bits per heavy atom. The van der Waals surface area contributed by atoms with Crippen molar-refractivity contribution < 1.29 is 9.59 Å². The van der Waals surface area contributed by atoms with Crippen LogP contribution in [0.3, 0.4) is 0 Å². The highest BCUT2D eigenvalue weighted by Crippen LogP contribution is 2.06. The van der Waals surface area contributed by atoms with Crippen molar-refractivity contribution >= 4 is 35.2 Å². The van der Waals surface area contributed by atoms with Crippen LogP contribution in [0.25, 0.3) is 6.08 Å². The van der Waals surface area contributed by atoms with Gasteiger partial charge in [0.05, 0.1) is 0 Å². The van der Waals surface area contributed by atoms with Crippen molar-refractivity contribution in [2.75, 3.05) is 0 Å². The molecule has 2 rings (SSSR count). The Balaban J connectivity index is 2.13. The number of nitrogens with one attached hydrogen (secondary N) is 2. The summed E-state index contributed by atoms with van der Waals surface area (Å²) in [6.45, 7) is 2.01. The SMILES string of the molecule is Cc1ccc(/C=C/C=C2C(=O)NC(=S)NC2=O)cc1. The molecule has 0 atom stereocenters. The maximum Gasteiger partial charge on any atom is 0.263 e. The Morgan fingerprint density at radius 1 is 1.05 bits per heavy atom. The number of hydrogen-bond donors (Lipinski definition) is 2. The van der Waals surface area contributed by atoms with Crippen molar-refractivity contribution in [1.82, 2.24) is 10.6 Å². The summed E-state index contributed by atoms with van der Waals surface area (Å²) < 4.78 is 0. The number of carbonyl (C=O) groups is 2. The van der Waals surface area contributed by atoms with E-state index in [0.29, 0.717) is 0 Å². The first kappa shape index (κ1) is 13.2. The summed E-state index contributed by atoms with van der Waals surface area (Å²) in [4.78, 5) is 23.1. The summed E-state index contributed by atoms with van der Waals surface area (Å²) in [5.41, 5.74) is 2.21. The number of aryl methyl sites for hydroxylation is 1. The summed E-state index contributed by atoms with van der Waals surface area (Å²) in [5, 5.41) is 4.79. The average molecular weight is 272 g/mol. The zero-order valence-corrected chi connectivity index (χ0v) is 11.1. The van der Waals surface area contributed by atoms with Crippen LogP contribution in [0.4, 0.5) is 0 Å². The Hall–Kier alpha value is -2.27. The minimum Gasteiger partial charge on any atom is -0.299 e. The van der Waals surface area contributed by atoms with Crippen LogP contribution in [0.2, 0.25) is 0 Å². The van der Waals surface area contributed by atoms with Crippen molar-refractivity contribution in [3.63, 3.8) is 0 Å². The first-order valence-electron chi connectivity index (χ1n) is 5.68. The van der Waals surface area contributed by atoms with Gasteiger partial charge in [-0.2, -0.15) is 0 Å². The highest BCUT2D eigenvalue weighted by molar-refractivity contribution is 7.80. The van der Waals surface area contributed by atoms with Crippen LogP contribution in [0.1, 0.15) is 11.1 Å². The molecule has 0 saturated carbocycles. The molecular formula is C14H12N2O2S. The minimum atomic E-state index is -0.484. The van der Waals surface area contributed by atoms with Crippen molar-refractivity contribution in [2.24, 2.45) is 0 Å². The van der Waals surface area contributed by atoms with Gasteiger partial charge in [0.1, 0.15) is 5.57 Å². The van der Waals surface area contributed by atoms with Gasteiger partial charge in [-0.05, 0) is 30.8 Å². The molecule has 2 amide bonds. The molecule has 0 radical (unpaired) electrons. The standard InChI is InChI=1S/C14H12N2O2S/c1-9-5-7-10(8-6-9)3-2-4-11-12(17)15-14(19)16-13(11)18/h2-8H,1H3,(H2,15,16,17,18,19)/b3-2+. The molecule has 0 bridgehead atoms. The van der Waals surface area contributed by atoms with E-state index in [1.54, 1.807) is 6.08 Å². The molecule has 0 aliphatic carbocycles. The van der Waals surface area contributed by atoms with Crippen molar-refractivity contribution in [3.05, 3.63) is 53.1 Å². The van der Waals surface area contributed by atoms with E-state index in [1.807, 2.05) is 37.3 Å². The Kier molecular flexibility index (Phi) is 3.87. The van der Waals surface area contributed by atoms with Gasteiger partial charge in [-0.1, -0.05) is 42.0 Å². The van der Waals surface area contributed by atoms with E-state index < -0.39 is 11.8 Å². The summed E-state index contributed by atoms with van der Waals surface area (Å²) in [5.74, 6) is -0.968. The Labute approximate surface area is 116 Å². The van der Waals surface area contributed by atoms with Crippen molar-refractivity contribution in [1.29, 1.82) is 0 Å². The Bertz CT molecular complexity index is 578. The fourth-order valence-electron chi connectivity index (χ4n) is 1.56. The molecule has 19 heavy (non-hydrogen) atoms. The van der Waals surface area contributed by atoms with Crippen LogP contribution >= 0.6 is 12.2 Å². The number of hydrogen-bond acceptors (Lipinski definition) is 3. The van der Waals surface area contributed by atoms with Crippen LogP contribution in [-0.2, 0) is 9.59 Å². The number of benzene rings is 1. The number of thiocarbonyl (C=S) groups is 1. The van der Waals surface area contributed by atoms with Gasteiger partial charge in [0.15, 0.2) is 5.11 Å². The highest BCUT2D eigenvalue weighted by atomic mass is 32.1. The second-order valence-electron chi connectivity index (χ2n) is 4.09. The third kappa shape index (κ3) is 3.35.